The average molecular weight is 296 g/mol. The number of halogens is 1. The largest absolute Gasteiger partial charge is 0.422 e. The van der Waals surface area contributed by atoms with Gasteiger partial charge in [-0.05, 0) is 40.5 Å². The maximum absolute atomic E-state index is 11.4. The predicted molar refractivity (Wildman–Crippen MR) is 73.6 cm³/mol. The molecule has 0 amide bonds. The van der Waals surface area contributed by atoms with Crippen LogP contribution in [0.4, 0.5) is 5.69 Å². The van der Waals surface area contributed by atoms with Gasteiger partial charge in [0.15, 0.2) is 0 Å². The van der Waals surface area contributed by atoms with E-state index in [4.69, 9.17) is 4.42 Å². The molecule has 0 bridgehead atoms. The standard InChI is InChI=1S/C13H14BrNO2/c1-2-3-7-15-11-5-4-6-12-9(11)8-10(14)13(16)17-12/h4-6,8,15H,2-3,7H2,1H3. The number of fused-ring (bicyclic) bond motifs is 1. The minimum Gasteiger partial charge on any atom is -0.422 e. The van der Waals surface area contributed by atoms with E-state index in [2.05, 4.69) is 28.2 Å². The topological polar surface area (TPSA) is 42.2 Å². The summed E-state index contributed by atoms with van der Waals surface area (Å²) in [6, 6.07) is 7.47. The Balaban J connectivity index is 2.42. The Morgan fingerprint density at radius 2 is 2.24 bits per heavy atom. The van der Waals surface area contributed by atoms with Crippen LogP contribution in [0.2, 0.25) is 0 Å². The van der Waals surface area contributed by atoms with Crippen LogP contribution in [0, 0.1) is 0 Å². The summed E-state index contributed by atoms with van der Waals surface area (Å²) < 4.78 is 5.65. The first-order valence-corrected chi connectivity index (χ1v) is 6.48. The number of hydrogen-bond donors (Lipinski definition) is 1. The fourth-order valence-electron chi connectivity index (χ4n) is 1.67. The summed E-state index contributed by atoms with van der Waals surface area (Å²) in [5.41, 5.74) is 1.27. The van der Waals surface area contributed by atoms with Crippen molar-refractivity contribution in [1.82, 2.24) is 0 Å². The molecular formula is C13H14BrNO2. The molecule has 90 valence electrons. The highest BCUT2D eigenvalue weighted by Gasteiger charge is 2.05. The van der Waals surface area contributed by atoms with E-state index in [9.17, 15) is 4.79 Å². The third-order valence-electron chi connectivity index (χ3n) is 2.58. The smallest absolute Gasteiger partial charge is 0.350 e. The van der Waals surface area contributed by atoms with Crippen LogP contribution in [0.3, 0.4) is 0 Å². The molecule has 0 spiro atoms. The van der Waals surface area contributed by atoms with Gasteiger partial charge in [-0.1, -0.05) is 19.4 Å². The van der Waals surface area contributed by atoms with E-state index < -0.39 is 0 Å². The molecule has 2 rings (SSSR count). The molecule has 2 aromatic rings. The Bertz CT molecular complexity index is 577. The predicted octanol–water partition coefficient (Wildman–Crippen LogP) is 3.77. The molecule has 0 aliphatic heterocycles. The van der Waals surface area contributed by atoms with Gasteiger partial charge in [0, 0.05) is 17.6 Å². The number of anilines is 1. The summed E-state index contributed by atoms with van der Waals surface area (Å²) in [6.07, 6.45) is 2.27. The van der Waals surface area contributed by atoms with Crippen molar-refractivity contribution < 1.29 is 4.42 Å². The zero-order chi connectivity index (χ0) is 12.3. The number of unbranched alkanes of at least 4 members (excludes halogenated alkanes) is 1. The van der Waals surface area contributed by atoms with Gasteiger partial charge in [-0.25, -0.2) is 4.79 Å². The van der Waals surface area contributed by atoms with E-state index in [1.165, 1.54) is 0 Å². The van der Waals surface area contributed by atoms with Crippen LogP contribution in [-0.2, 0) is 0 Å². The summed E-state index contributed by atoms with van der Waals surface area (Å²) in [4.78, 5) is 11.4. The minimum atomic E-state index is -0.344. The zero-order valence-corrected chi connectivity index (χ0v) is 11.2. The van der Waals surface area contributed by atoms with Crippen molar-refractivity contribution in [3.63, 3.8) is 0 Å². The molecule has 4 heteroatoms. The first-order valence-electron chi connectivity index (χ1n) is 5.68. The van der Waals surface area contributed by atoms with Crippen molar-refractivity contribution in [2.24, 2.45) is 0 Å². The van der Waals surface area contributed by atoms with Gasteiger partial charge in [0.05, 0.1) is 0 Å². The molecule has 1 heterocycles. The maximum atomic E-state index is 11.4. The van der Waals surface area contributed by atoms with Crippen molar-refractivity contribution in [1.29, 1.82) is 0 Å². The van der Waals surface area contributed by atoms with E-state index >= 15 is 0 Å². The lowest BCUT2D eigenvalue weighted by molar-refractivity contribution is 0.556. The maximum Gasteiger partial charge on any atom is 0.350 e. The molecule has 0 saturated carbocycles. The van der Waals surface area contributed by atoms with Crippen LogP contribution >= 0.6 is 15.9 Å². The van der Waals surface area contributed by atoms with Crippen LogP contribution in [0.15, 0.2) is 37.9 Å². The fraction of sp³-hybridized carbons (Fsp3) is 0.308. The highest BCUT2D eigenvalue weighted by atomic mass is 79.9. The molecular weight excluding hydrogens is 282 g/mol. The van der Waals surface area contributed by atoms with Crippen LogP contribution in [0.5, 0.6) is 0 Å². The summed E-state index contributed by atoms with van der Waals surface area (Å²) >= 11 is 3.20. The lowest BCUT2D eigenvalue weighted by Crippen LogP contribution is -2.03. The Morgan fingerprint density at radius 3 is 3.00 bits per heavy atom. The highest BCUT2D eigenvalue weighted by molar-refractivity contribution is 9.10. The first-order chi connectivity index (χ1) is 8.22. The third-order valence-corrected chi connectivity index (χ3v) is 3.13. The molecule has 1 N–H and O–H groups in total. The molecule has 0 atom stereocenters. The number of benzene rings is 1. The monoisotopic (exact) mass is 295 g/mol. The van der Waals surface area contributed by atoms with Gasteiger partial charge in [0.2, 0.25) is 0 Å². The molecule has 1 aromatic carbocycles. The minimum absolute atomic E-state index is 0.344. The normalized spacial score (nSPS) is 10.7. The molecule has 0 aliphatic carbocycles. The van der Waals surface area contributed by atoms with Crippen molar-refractivity contribution >= 4 is 32.6 Å². The van der Waals surface area contributed by atoms with Crippen LogP contribution in [-0.4, -0.2) is 6.54 Å². The van der Waals surface area contributed by atoms with Crippen molar-refractivity contribution in [2.75, 3.05) is 11.9 Å². The Kier molecular flexibility index (Phi) is 3.84. The van der Waals surface area contributed by atoms with Gasteiger partial charge in [0.1, 0.15) is 10.1 Å². The van der Waals surface area contributed by atoms with Gasteiger partial charge >= 0.3 is 5.63 Å². The lowest BCUT2D eigenvalue weighted by atomic mass is 10.2. The summed E-state index contributed by atoms with van der Waals surface area (Å²) in [5.74, 6) is 0. The average Bonchev–Trinajstić information content (AvgIpc) is 2.32. The summed E-state index contributed by atoms with van der Waals surface area (Å²) in [6.45, 7) is 3.08. The number of rotatable bonds is 4. The van der Waals surface area contributed by atoms with E-state index in [1.54, 1.807) is 12.1 Å². The SMILES string of the molecule is CCCCNc1cccc2oc(=O)c(Br)cc12. The molecule has 1 aromatic heterocycles. The van der Waals surface area contributed by atoms with Crippen molar-refractivity contribution in [3.05, 3.63) is 39.2 Å². The van der Waals surface area contributed by atoms with Crippen LogP contribution in [0.1, 0.15) is 19.8 Å². The van der Waals surface area contributed by atoms with E-state index in [1.807, 2.05) is 12.1 Å². The van der Waals surface area contributed by atoms with Gasteiger partial charge in [-0.2, -0.15) is 0 Å². The van der Waals surface area contributed by atoms with Crippen LogP contribution in [0.25, 0.3) is 11.0 Å². The van der Waals surface area contributed by atoms with E-state index in [0.29, 0.717) is 10.1 Å². The van der Waals surface area contributed by atoms with E-state index in [-0.39, 0.29) is 5.63 Å². The second-order valence-corrected chi connectivity index (χ2v) is 4.73. The fourth-order valence-corrected chi connectivity index (χ4v) is 1.98. The van der Waals surface area contributed by atoms with Crippen LogP contribution < -0.4 is 10.9 Å². The van der Waals surface area contributed by atoms with Gasteiger partial charge in [0.25, 0.3) is 0 Å². The molecule has 0 fully saturated rings. The van der Waals surface area contributed by atoms with Gasteiger partial charge in [-0.3, -0.25) is 0 Å². The number of hydrogen-bond acceptors (Lipinski definition) is 3. The first kappa shape index (κ1) is 12.2. The summed E-state index contributed by atoms with van der Waals surface area (Å²) in [5, 5.41) is 4.28. The molecule has 0 radical (unpaired) electrons. The molecule has 0 aliphatic rings. The Hall–Kier alpha value is -1.29. The van der Waals surface area contributed by atoms with Crippen molar-refractivity contribution in [2.45, 2.75) is 19.8 Å². The van der Waals surface area contributed by atoms with Gasteiger partial charge < -0.3 is 9.73 Å². The second kappa shape index (κ2) is 5.36. The molecule has 17 heavy (non-hydrogen) atoms. The van der Waals surface area contributed by atoms with Gasteiger partial charge in [-0.15, -0.1) is 0 Å². The molecule has 0 unspecified atom stereocenters. The molecule has 3 nitrogen and oxygen atoms in total. The third kappa shape index (κ3) is 2.69. The second-order valence-electron chi connectivity index (χ2n) is 3.88. The molecule has 0 saturated heterocycles. The highest BCUT2D eigenvalue weighted by Crippen LogP contribution is 2.24. The quantitative estimate of drug-likeness (QED) is 0.690. The number of nitrogens with one attached hydrogen (secondary N) is 1. The Labute approximate surface area is 108 Å². The zero-order valence-electron chi connectivity index (χ0n) is 9.63. The summed E-state index contributed by atoms with van der Waals surface area (Å²) in [7, 11) is 0. The lowest BCUT2D eigenvalue weighted by Gasteiger charge is -2.08. The van der Waals surface area contributed by atoms with E-state index in [0.717, 1.165) is 30.5 Å². The Morgan fingerprint density at radius 1 is 1.41 bits per heavy atom. The van der Waals surface area contributed by atoms with Crippen molar-refractivity contribution in [3.8, 4) is 0 Å².